The van der Waals surface area contributed by atoms with Gasteiger partial charge in [0.05, 0.1) is 13.0 Å². The predicted molar refractivity (Wildman–Crippen MR) is 104 cm³/mol. The molecule has 2 aromatic carbocycles. The topological polar surface area (TPSA) is 55.8 Å². The van der Waals surface area contributed by atoms with E-state index in [-0.39, 0.29) is 18.3 Å². The zero-order chi connectivity index (χ0) is 19.4. The number of para-hydroxylation sites is 1. The minimum absolute atomic E-state index is 0.0719. The Bertz CT molecular complexity index is 815. The first-order chi connectivity index (χ1) is 13.0. The van der Waals surface area contributed by atoms with Gasteiger partial charge in [0.2, 0.25) is 5.91 Å². The molecular weight excluding hydrogens is 342 g/mol. The fourth-order valence-corrected chi connectivity index (χ4v) is 3.27. The number of ether oxygens (including phenoxy) is 2. The van der Waals surface area contributed by atoms with Gasteiger partial charge in [-0.1, -0.05) is 32.0 Å². The van der Waals surface area contributed by atoms with Crippen LogP contribution in [-0.2, 0) is 9.59 Å². The van der Waals surface area contributed by atoms with E-state index in [4.69, 9.17) is 9.47 Å². The van der Waals surface area contributed by atoms with E-state index in [9.17, 15) is 9.59 Å². The Morgan fingerprint density at radius 2 is 1.89 bits per heavy atom. The quantitative estimate of drug-likeness (QED) is 0.568. The van der Waals surface area contributed by atoms with E-state index in [2.05, 4.69) is 13.8 Å². The van der Waals surface area contributed by atoms with Gasteiger partial charge in [-0.15, -0.1) is 0 Å². The van der Waals surface area contributed by atoms with Gasteiger partial charge in [0, 0.05) is 18.7 Å². The van der Waals surface area contributed by atoms with Crippen LogP contribution in [0.1, 0.15) is 38.2 Å². The van der Waals surface area contributed by atoms with Gasteiger partial charge in [0.1, 0.15) is 11.5 Å². The molecule has 1 amide bonds. The van der Waals surface area contributed by atoms with Crippen LogP contribution in [0.2, 0.25) is 0 Å². The number of carbonyl (C=O) groups excluding carboxylic acids is 2. The van der Waals surface area contributed by atoms with Gasteiger partial charge < -0.3 is 14.4 Å². The Labute approximate surface area is 159 Å². The molecule has 1 saturated heterocycles. The molecule has 3 rings (SSSR count). The van der Waals surface area contributed by atoms with Crippen LogP contribution in [0.4, 0.5) is 5.69 Å². The van der Waals surface area contributed by atoms with Crippen molar-refractivity contribution in [1.29, 1.82) is 0 Å². The number of esters is 1. The Balaban J connectivity index is 1.71. The maximum atomic E-state index is 12.7. The predicted octanol–water partition coefficient (Wildman–Crippen LogP) is 4.17. The molecule has 2 atom stereocenters. The van der Waals surface area contributed by atoms with Gasteiger partial charge in [0.25, 0.3) is 0 Å². The monoisotopic (exact) mass is 367 g/mol. The van der Waals surface area contributed by atoms with Crippen molar-refractivity contribution in [3.8, 4) is 11.5 Å². The molecule has 0 bridgehead atoms. The van der Waals surface area contributed by atoms with Crippen LogP contribution in [-0.4, -0.2) is 25.5 Å². The second-order valence-corrected chi connectivity index (χ2v) is 6.87. The standard InChI is InChI=1S/C22H25NO4/c1-4-15(2)19-7-5-6-8-20(19)27-22(25)16-13-21(24)23(14-16)17-9-11-18(26-3)12-10-17/h5-12,15-16H,4,13-14H2,1-3H3/t15-,16+/m0/s1. The van der Waals surface area contributed by atoms with Gasteiger partial charge >= 0.3 is 5.97 Å². The summed E-state index contributed by atoms with van der Waals surface area (Å²) < 4.78 is 10.8. The van der Waals surface area contributed by atoms with Gasteiger partial charge in [-0.05, 0) is 48.2 Å². The van der Waals surface area contributed by atoms with Crippen molar-refractivity contribution in [1.82, 2.24) is 0 Å². The second-order valence-electron chi connectivity index (χ2n) is 6.87. The number of rotatable bonds is 6. The molecule has 5 heteroatoms. The molecule has 1 aliphatic heterocycles. The van der Waals surface area contributed by atoms with E-state index < -0.39 is 5.92 Å². The Kier molecular flexibility index (Phi) is 5.79. The molecule has 0 spiro atoms. The first kappa shape index (κ1) is 19.0. The average Bonchev–Trinajstić information content (AvgIpc) is 3.09. The van der Waals surface area contributed by atoms with Crippen molar-refractivity contribution in [2.45, 2.75) is 32.6 Å². The first-order valence-electron chi connectivity index (χ1n) is 9.28. The summed E-state index contributed by atoms with van der Waals surface area (Å²) in [5, 5.41) is 0. The fourth-order valence-electron chi connectivity index (χ4n) is 3.27. The highest BCUT2D eigenvalue weighted by Gasteiger charge is 2.36. The van der Waals surface area contributed by atoms with Crippen molar-refractivity contribution < 1.29 is 19.1 Å². The minimum atomic E-state index is -0.468. The number of anilines is 1. The highest BCUT2D eigenvalue weighted by molar-refractivity contribution is 5.99. The molecule has 0 N–H and O–H groups in total. The van der Waals surface area contributed by atoms with Crippen LogP contribution in [0.3, 0.4) is 0 Å². The number of hydrogen-bond donors (Lipinski definition) is 0. The lowest BCUT2D eigenvalue weighted by Gasteiger charge is -2.18. The van der Waals surface area contributed by atoms with Crippen molar-refractivity contribution in [2.75, 3.05) is 18.6 Å². The molecule has 0 saturated carbocycles. The van der Waals surface area contributed by atoms with Crippen LogP contribution in [0.15, 0.2) is 48.5 Å². The van der Waals surface area contributed by atoms with E-state index in [1.165, 1.54) is 0 Å². The van der Waals surface area contributed by atoms with Crippen molar-refractivity contribution in [3.05, 3.63) is 54.1 Å². The maximum absolute atomic E-state index is 12.7. The largest absolute Gasteiger partial charge is 0.497 e. The number of carbonyl (C=O) groups is 2. The molecule has 5 nitrogen and oxygen atoms in total. The highest BCUT2D eigenvalue weighted by Crippen LogP contribution is 2.31. The molecule has 0 aromatic heterocycles. The van der Waals surface area contributed by atoms with E-state index in [1.54, 1.807) is 24.1 Å². The Morgan fingerprint density at radius 1 is 1.19 bits per heavy atom. The van der Waals surface area contributed by atoms with Crippen molar-refractivity contribution in [2.24, 2.45) is 5.92 Å². The number of amides is 1. The average molecular weight is 367 g/mol. The zero-order valence-corrected chi connectivity index (χ0v) is 16.0. The van der Waals surface area contributed by atoms with Gasteiger partial charge in [-0.25, -0.2) is 0 Å². The van der Waals surface area contributed by atoms with Crippen LogP contribution in [0, 0.1) is 5.92 Å². The molecule has 2 aromatic rings. The molecule has 0 aliphatic carbocycles. The Hall–Kier alpha value is -2.82. The normalized spacial score (nSPS) is 17.7. The third-order valence-electron chi connectivity index (χ3n) is 5.12. The summed E-state index contributed by atoms with van der Waals surface area (Å²) in [6.07, 6.45) is 1.12. The lowest BCUT2D eigenvalue weighted by atomic mass is 9.98. The lowest BCUT2D eigenvalue weighted by Crippen LogP contribution is -2.27. The summed E-state index contributed by atoms with van der Waals surface area (Å²) in [6.45, 7) is 4.54. The maximum Gasteiger partial charge on any atom is 0.316 e. The number of benzene rings is 2. The lowest BCUT2D eigenvalue weighted by molar-refractivity contribution is -0.139. The summed E-state index contributed by atoms with van der Waals surface area (Å²) in [4.78, 5) is 26.7. The van der Waals surface area contributed by atoms with Crippen LogP contribution in [0.25, 0.3) is 0 Å². The SMILES string of the molecule is CC[C@H](C)c1ccccc1OC(=O)[C@@H]1CC(=O)N(c2ccc(OC)cc2)C1. The molecule has 0 radical (unpaired) electrons. The number of methoxy groups -OCH3 is 1. The Morgan fingerprint density at radius 3 is 2.56 bits per heavy atom. The van der Waals surface area contributed by atoms with E-state index in [1.807, 2.05) is 36.4 Å². The summed E-state index contributed by atoms with van der Waals surface area (Å²) in [7, 11) is 1.60. The molecule has 142 valence electrons. The fraction of sp³-hybridized carbons (Fsp3) is 0.364. The molecule has 0 unspecified atom stereocenters. The molecular formula is C22H25NO4. The molecule has 1 fully saturated rings. The van der Waals surface area contributed by atoms with Crippen molar-refractivity contribution in [3.63, 3.8) is 0 Å². The summed E-state index contributed by atoms with van der Waals surface area (Å²) in [6, 6.07) is 14.9. The van der Waals surface area contributed by atoms with Crippen molar-refractivity contribution >= 4 is 17.6 Å². The third-order valence-corrected chi connectivity index (χ3v) is 5.12. The van der Waals surface area contributed by atoms with Crippen LogP contribution in [0.5, 0.6) is 11.5 Å². The zero-order valence-electron chi connectivity index (χ0n) is 16.0. The summed E-state index contributed by atoms with van der Waals surface area (Å²) in [5.74, 6) is 0.724. The summed E-state index contributed by atoms with van der Waals surface area (Å²) in [5.41, 5.74) is 1.78. The molecule has 27 heavy (non-hydrogen) atoms. The van der Waals surface area contributed by atoms with Crippen LogP contribution < -0.4 is 14.4 Å². The van der Waals surface area contributed by atoms with E-state index in [0.29, 0.717) is 18.2 Å². The number of hydrogen-bond acceptors (Lipinski definition) is 4. The van der Waals surface area contributed by atoms with Gasteiger partial charge in [-0.3, -0.25) is 9.59 Å². The highest BCUT2D eigenvalue weighted by atomic mass is 16.5. The number of nitrogens with zero attached hydrogens (tertiary/aromatic N) is 1. The van der Waals surface area contributed by atoms with Crippen LogP contribution >= 0.6 is 0 Å². The van der Waals surface area contributed by atoms with E-state index in [0.717, 1.165) is 23.4 Å². The minimum Gasteiger partial charge on any atom is -0.497 e. The van der Waals surface area contributed by atoms with Gasteiger partial charge in [-0.2, -0.15) is 0 Å². The summed E-state index contributed by atoms with van der Waals surface area (Å²) >= 11 is 0. The van der Waals surface area contributed by atoms with E-state index >= 15 is 0 Å². The molecule has 1 aliphatic rings. The second kappa shape index (κ2) is 8.25. The smallest absolute Gasteiger partial charge is 0.316 e. The third kappa shape index (κ3) is 4.13. The van der Waals surface area contributed by atoms with Gasteiger partial charge in [0.15, 0.2) is 0 Å². The molecule has 1 heterocycles. The first-order valence-corrected chi connectivity index (χ1v) is 9.28.